The van der Waals surface area contributed by atoms with E-state index in [4.69, 9.17) is 14.3 Å². The van der Waals surface area contributed by atoms with Gasteiger partial charge in [-0.05, 0) is 85.8 Å². The van der Waals surface area contributed by atoms with Crippen molar-refractivity contribution >= 4 is 14.0 Å². The maximum Gasteiger partial charge on any atom is 0.257 e. The van der Waals surface area contributed by atoms with Crippen molar-refractivity contribution in [2.75, 3.05) is 6.61 Å². The second-order valence-electron chi connectivity index (χ2n) is 15.3. The molecule has 2 saturated carbocycles. The number of ether oxygens (including phenoxy) is 1. The van der Waals surface area contributed by atoms with Crippen LogP contribution in [0.3, 0.4) is 0 Å². The first-order valence-corrected chi connectivity index (χ1v) is 20.4. The standard InChI is InChI=1S/C39H50N4O3Si/c1-7-10-35-34(25-28-13-15-29(16-14-28)33-12-9-8-11-30(33)26-40)37(44)42(36-21-24-41-43(35)36)31-17-19-32(20-18-31)45-27-39(22-23-39)46-47(5,6)38(2,3)4/h8-9,11-16,21,24,31-32H,7,10,17-20,22-23,25,27H2,1-6H3. The van der Waals surface area contributed by atoms with E-state index in [2.05, 4.69) is 71.1 Å². The summed E-state index contributed by atoms with van der Waals surface area (Å²) in [5, 5.41) is 14.5. The molecule has 47 heavy (non-hydrogen) atoms. The van der Waals surface area contributed by atoms with Gasteiger partial charge in [0.1, 0.15) is 5.65 Å². The topological polar surface area (TPSA) is 81.5 Å². The molecule has 2 aromatic heterocycles. The summed E-state index contributed by atoms with van der Waals surface area (Å²) in [5.41, 5.74) is 6.36. The minimum atomic E-state index is -1.85. The smallest absolute Gasteiger partial charge is 0.257 e. The van der Waals surface area contributed by atoms with Gasteiger partial charge in [-0.25, -0.2) is 4.52 Å². The number of aryl methyl sites for hydroxylation is 1. The summed E-state index contributed by atoms with van der Waals surface area (Å²) in [6.07, 6.45) is 10.1. The van der Waals surface area contributed by atoms with Gasteiger partial charge in [0, 0.05) is 24.1 Å². The largest absolute Gasteiger partial charge is 0.409 e. The van der Waals surface area contributed by atoms with Crippen molar-refractivity contribution < 1.29 is 9.16 Å². The molecule has 2 aliphatic rings. The van der Waals surface area contributed by atoms with Gasteiger partial charge in [0.2, 0.25) is 0 Å². The fourth-order valence-corrected chi connectivity index (χ4v) is 8.55. The van der Waals surface area contributed by atoms with Gasteiger partial charge < -0.3 is 9.16 Å². The third-order valence-corrected chi connectivity index (χ3v) is 15.4. The summed E-state index contributed by atoms with van der Waals surface area (Å²) >= 11 is 0. The fourth-order valence-electron chi connectivity index (χ4n) is 6.90. The summed E-state index contributed by atoms with van der Waals surface area (Å²) in [5.74, 6) is 0. The van der Waals surface area contributed by atoms with Crippen LogP contribution in [0.15, 0.2) is 65.6 Å². The molecule has 2 aromatic carbocycles. The van der Waals surface area contributed by atoms with E-state index in [1.165, 1.54) is 0 Å². The van der Waals surface area contributed by atoms with E-state index in [9.17, 15) is 10.1 Å². The van der Waals surface area contributed by atoms with Crippen LogP contribution in [0.25, 0.3) is 16.8 Å². The molecule has 0 bridgehead atoms. The molecule has 7 nitrogen and oxygen atoms in total. The molecule has 0 aliphatic heterocycles. The molecule has 0 radical (unpaired) electrons. The molecule has 0 N–H and O–H groups in total. The van der Waals surface area contributed by atoms with Gasteiger partial charge in [-0.2, -0.15) is 10.4 Å². The molecule has 8 heteroatoms. The van der Waals surface area contributed by atoms with Crippen molar-refractivity contribution in [3.63, 3.8) is 0 Å². The van der Waals surface area contributed by atoms with Crippen LogP contribution in [0, 0.1) is 11.3 Å². The van der Waals surface area contributed by atoms with Crippen molar-refractivity contribution in [2.45, 2.75) is 121 Å². The first kappa shape index (κ1) is 33.4. The summed E-state index contributed by atoms with van der Waals surface area (Å²) in [7, 11) is -1.85. The molecule has 2 fully saturated rings. The summed E-state index contributed by atoms with van der Waals surface area (Å²) in [6, 6.07) is 20.3. The predicted octanol–water partition coefficient (Wildman–Crippen LogP) is 8.63. The lowest BCUT2D eigenvalue weighted by atomic mass is 9.92. The first-order valence-electron chi connectivity index (χ1n) is 17.5. The molecule has 0 unspecified atom stereocenters. The van der Waals surface area contributed by atoms with Crippen LogP contribution in [0.4, 0.5) is 0 Å². The van der Waals surface area contributed by atoms with Gasteiger partial charge in [-0.15, -0.1) is 0 Å². The van der Waals surface area contributed by atoms with Gasteiger partial charge in [0.25, 0.3) is 5.56 Å². The van der Waals surface area contributed by atoms with E-state index in [-0.39, 0.29) is 28.3 Å². The van der Waals surface area contributed by atoms with Crippen LogP contribution in [0.2, 0.25) is 18.1 Å². The van der Waals surface area contributed by atoms with Crippen molar-refractivity contribution in [3.05, 3.63) is 93.5 Å². The highest BCUT2D eigenvalue weighted by Crippen LogP contribution is 2.48. The number of rotatable bonds is 11. The minimum Gasteiger partial charge on any atom is -0.409 e. The zero-order chi connectivity index (χ0) is 33.4. The van der Waals surface area contributed by atoms with Crippen LogP contribution >= 0.6 is 0 Å². The molecule has 248 valence electrons. The van der Waals surface area contributed by atoms with Crippen molar-refractivity contribution in [3.8, 4) is 17.2 Å². The number of hydrogen-bond donors (Lipinski definition) is 0. The normalized spacial score (nSPS) is 19.5. The average Bonchev–Trinajstić information content (AvgIpc) is 3.64. The maximum absolute atomic E-state index is 14.5. The Balaban J connectivity index is 1.20. The number of nitriles is 1. The third-order valence-electron chi connectivity index (χ3n) is 10.8. The molecule has 0 spiro atoms. The molecule has 6 rings (SSSR count). The maximum atomic E-state index is 14.5. The number of aromatic nitrogens is 3. The van der Waals surface area contributed by atoms with Crippen molar-refractivity contribution in [2.24, 2.45) is 0 Å². The average molecular weight is 651 g/mol. The Labute approximate surface area is 280 Å². The molecular formula is C39H50N4O3Si. The molecular weight excluding hydrogens is 601 g/mol. The monoisotopic (exact) mass is 650 g/mol. The van der Waals surface area contributed by atoms with Crippen LogP contribution < -0.4 is 5.56 Å². The number of benzene rings is 2. The van der Waals surface area contributed by atoms with Crippen LogP contribution in [0.1, 0.15) is 101 Å². The van der Waals surface area contributed by atoms with E-state index >= 15 is 0 Å². The van der Waals surface area contributed by atoms with Gasteiger partial charge in [-0.3, -0.25) is 9.36 Å². The zero-order valence-corrected chi connectivity index (χ0v) is 30.0. The molecule has 0 atom stereocenters. The van der Waals surface area contributed by atoms with E-state index in [0.717, 1.165) is 85.0 Å². The Kier molecular flexibility index (Phi) is 9.36. The summed E-state index contributed by atoms with van der Waals surface area (Å²) < 4.78 is 17.4. The minimum absolute atomic E-state index is 0.0954. The third kappa shape index (κ3) is 6.90. The highest BCUT2D eigenvalue weighted by molar-refractivity contribution is 6.74. The summed E-state index contributed by atoms with van der Waals surface area (Å²) in [4.78, 5) is 14.5. The van der Waals surface area contributed by atoms with E-state index in [0.29, 0.717) is 18.6 Å². The Morgan fingerprint density at radius 1 is 1.02 bits per heavy atom. The van der Waals surface area contributed by atoms with Gasteiger partial charge in [0.05, 0.1) is 41.8 Å². The van der Waals surface area contributed by atoms with Crippen molar-refractivity contribution in [1.29, 1.82) is 5.26 Å². The second-order valence-corrected chi connectivity index (χ2v) is 20.0. The lowest BCUT2D eigenvalue weighted by Gasteiger charge is -2.40. The molecule has 0 amide bonds. The van der Waals surface area contributed by atoms with E-state index in [1.54, 1.807) is 0 Å². The van der Waals surface area contributed by atoms with E-state index in [1.807, 2.05) is 45.6 Å². The lowest BCUT2D eigenvalue weighted by Crippen LogP contribution is -2.46. The second kappa shape index (κ2) is 13.2. The van der Waals surface area contributed by atoms with E-state index < -0.39 is 8.32 Å². The zero-order valence-electron chi connectivity index (χ0n) is 29.0. The Bertz CT molecular complexity index is 1810. The Morgan fingerprint density at radius 2 is 1.72 bits per heavy atom. The van der Waals surface area contributed by atoms with Gasteiger partial charge in [-0.1, -0.05) is 76.6 Å². The highest BCUT2D eigenvalue weighted by atomic mass is 28.4. The van der Waals surface area contributed by atoms with Crippen molar-refractivity contribution in [1.82, 2.24) is 14.2 Å². The lowest BCUT2D eigenvalue weighted by molar-refractivity contribution is -0.0342. The van der Waals surface area contributed by atoms with Gasteiger partial charge >= 0.3 is 0 Å². The SMILES string of the molecule is CCCc1c(Cc2ccc(-c3ccccc3C#N)cc2)c(=O)n(C2CCC(OCC3(O[Si](C)(C)C(C)(C)C)CC3)CC2)c2ccnn12. The molecule has 4 aromatic rings. The molecule has 2 aliphatic carbocycles. The predicted molar refractivity (Wildman–Crippen MR) is 190 cm³/mol. The van der Waals surface area contributed by atoms with Crippen LogP contribution in [-0.2, 0) is 22.0 Å². The fraction of sp³-hybridized carbons (Fsp3) is 0.513. The Morgan fingerprint density at radius 3 is 2.36 bits per heavy atom. The highest BCUT2D eigenvalue weighted by Gasteiger charge is 2.52. The number of nitrogens with zero attached hydrogens (tertiary/aromatic N) is 4. The van der Waals surface area contributed by atoms with Crippen LogP contribution in [0.5, 0.6) is 0 Å². The first-order chi connectivity index (χ1) is 22.4. The molecule has 0 saturated heterocycles. The Hall–Kier alpha value is -3.51. The quantitative estimate of drug-likeness (QED) is 0.152. The van der Waals surface area contributed by atoms with Gasteiger partial charge in [0.15, 0.2) is 8.32 Å². The number of hydrogen-bond acceptors (Lipinski definition) is 5. The molecule has 2 heterocycles. The van der Waals surface area contributed by atoms with Crippen LogP contribution in [-0.4, -0.2) is 40.8 Å². The summed E-state index contributed by atoms with van der Waals surface area (Å²) in [6.45, 7) is 14.4. The number of fused-ring (bicyclic) bond motifs is 1.